The van der Waals surface area contributed by atoms with Gasteiger partial charge in [0.25, 0.3) is 0 Å². The molecule has 156 valence electrons. The monoisotopic (exact) mass is 414 g/mol. The zero-order valence-corrected chi connectivity index (χ0v) is 16.0. The van der Waals surface area contributed by atoms with Gasteiger partial charge >= 0.3 is 6.09 Å². The van der Waals surface area contributed by atoms with Crippen molar-refractivity contribution in [2.45, 2.75) is 13.0 Å². The van der Waals surface area contributed by atoms with Crippen molar-refractivity contribution in [2.75, 3.05) is 18.0 Å². The molecule has 0 spiro atoms. The maximum Gasteiger partial charge on any atom is 0.414 e. The Hall–Kier alpha value is -4.02. The standard InChI is InChI=1S/C19H19FN6O4/c1-12(28)21-8-15-9-26(19(29)30-15)14-3-4-16(17(20)6-14)13-2-5-18(22-7-13)23-10-24-25-11-27/h2-7,10-11,15H,8-9H2,1H3,(H,21,28)(H,25,27)(H,22,23,24). The topological polar surface area (TPSA) is 125 Å². The minimum Gasteiger partial charge on any atom is -0.442 e. The average molecular weight is 414 g/mol. The largest absolute Gasteiger partial charge is 0.442 e. The number of aliphatic imine (C=N–C) groups is 1. The molecule has 3 N–H and O–H groups in total. The lowest BCUT2D eigenvalue weighted by Crippen LogP contribution is -2.33. The molecule has 0 radical (unpaired) electrons. The molecule has 1 unspecified atom stereocenters. The number of hydrogen-bond acceptors (Lipinski definition) is 6. The van der Waals surface area contributed by atoms with Gasteiger partial charge in [0.15, 0.2) is 5.82 Å². The van der Waals surface area contributed by atoms with Gasteiger partial charge in [-0.15, -0.1) is 0 Å². The Morgan fingerprint density at radius 3 is 2.87 bits per heavy atom. The Kier molecular flexibility index (Phi) is 6.53. The van der Waals surface area contributed by atoms with Crippen molar-refractivity contribution >= 4 is 36.3 Å². The van der Waals surface area contributed by atoms with Crippen molar-refractivity contribution in [3.8, 4) is 11.1 Å². The summed E-state index contributed by atoms with van der Waals surface area (Å²) in [5.41, 5.74) is 5.81. The highest BCUT2D eigenvalue weighted by Gasteiger charge is 2.32. The molecule has 1 saturated heterocycles. The fourth-order valence-electron chi connectivity index (χ4n) is 2.79. The lowest BCUT2D eigenvalue weighted by molar-refractivity contribution is -0.119. The van der Waals surface area contributed by atoms with Gasteiger partial charge in [-0.25, -0.2) is 19.2 Å². The summed E-state index contributed by atoms with van der Waals surface area (Å²) >= 11 is 0. The molecule has 0 saturated carbocycles. The first kappa shape index (κ1) is 20.7. The van der Waals surface area contributed by atoms with Crippen molar-refractivity contribution in [1.29, 1.82) is 0 Å². The molecule has 11 heteroatoms. The van der Waals surface area contributed by atoms with Gasteiger partial charge in [0, 0.05) is 24.2 Å². The van der Waals surface area contributed by atoms with E-state index in [0.29, 0.717) is 29.0 Å². The zero-order valence-electron chi connectivity index (χ0n) is 16.0. The average Bonchev–Trinajstić information content (AvgIpc) is 3.11. The fourth-order valence-corrected chi connectivity index (χ4v) is 2.79. The van der Waals surface area contributed by atoms with Crippen LogP contribution in [0.15, 0.2) is 41.5 Å². The predicted octanol–water partition coefficient (Wildman–Crippen LogP) is 1.26. The number of carbonyl (C=O) groups excluding carboxylic acids is 3. The molecule has 2 heterocycles. The third-order valence-corrected chi connectivity index (χ3v) is 4.18. The smallest absolute Gasteiger partial charge is 0.414 e. The van der Waals surface area contributed by atoms with Crippen LogP contribution in [-0.2, 0) is 14.3 Å². The van der Waals surface area contributed by atoms with Gasteiger partial charge in [0.1, 0.15) is 18.3 Å². The summed E-state index contributed by atoms with van der Waals surface area (Å²) in [6, 6.07) is 7.65. The first-order valence-electron chi connectivity index (χ1n) is 8.93. The molecule has 1 aromatic heterocycles. The minimum absolute atomic E-state index is 0.194. The summed E-state index contributed by atoms with van der Waals surface area (Å²) in [5, 5.41) is 2.59. The van der Waals surface area contributed by atoms with Gasteiger partial charge in [0.2, 0.25) is 12.3 Å². The van der Waals surface area contributed by atoms with E-state index in [9.17, 15) is 18.8 Å². The first-order chi connectivity index (χ1) is 14.5. The number of nitrogens with zero attached hydrogens (tertiary/aromatic N) is 3. The highest BCUT2D eigenvalue weighted by molar-refractivity contribution is 5.90. The summed E-state index contributed by atoms with van der Waals surface area (Å²) < 4.78 is 19.9. The summed E-state index contributed by atoms with van der Waals surface area (Å²) in [4.78, 5) is 42.6. The molecule has 1 atom stereocenters. The summed E-state index contributed by atoms with van der Waals surface area (Å²) in [5.74, 6) is -0.388. The van der Waals surface area contributed by atoms with E-state index in [1.165, 1.54) is 30.4 Å². The molecule has 3 amide bonds. The van der Waals surface area contributed by atoms with Crippen molar-refractivity contribution in [1.82, 2.24) is 21.2 Å². The van der Waals surface area contributed by atoms with Gasteiger partial charge < -0.3 is 10.1 Å². The Labute approximate surface area is 171 Å². The normalized spacial score (nSPS) is 15.7. The molecule has 1 aliphatic rings. The maximum atomic E-state index is 14.7. The second kappa shape index (κ2) is 9.45. The van der Waals surface area contributed by atoms with Crippen LogP contribution < -0.4 is 21.1 Å². The SMILES string of the molecule is CC(=O)NCC1CN(c2ccc(-c3ccc(N=CNNC=O)nc3)c(F)c2)C(=O)O1. The second-order valence-corrected chi connectivity index (χ2v) is 6.29. The van der Waals surface area contributed by atoms with Crippen molar-refractivity contribution in [3.63, 3.8) is 0 Å². The number of nitrogens with one attached hydrogen (secondary N) is 3. The highest BCUT2D eigenvalue weighted by Crippen LogP contribution is 2.29. The van der Waals surface area contributed by atoms with E-state index in [0.717, 1.165) is 0 Å². The van der Waals surface area contributed by atoms with Crippen LogP contribution in [0.3, 0.4) is 0 Å². The Bertz CT molecular complexity index is 966. The molecule has 10 nitrogen and oxygen atoms in total. The Balaban J connectivity index is 1.69. The third-order valence-electron chi connectivity index (χ3n) is 4.18. The molecule has 0 aliphatic carbocycles. The summed E-state index contributed by atoms with van der Waals surface area (Å²) in [6.45, 7) is 1.77. The lowest BCUT2D eigenvalue weighted by Gasteiger charge is -2.14. The fraction of sp³-hybridized carbons (Fsp3) is 0.211. The number of anilines is 1. The van der Waals surface area contributed by atoms with Crippen LogP contribution in [0.25, 0.3) is 11.1 Å². The Morgan fingerprint density at radius 2 is 2.20 bits per heavy atom. The lowest BCUT2D eigenvalue weighted by atomic mass is 10.1. The Morgan fingerprint density at radius 1 is 1.37 bits per heavy atom. The van der Waals surface area contributed by atoms with Crippen LogP contribution >= 0.6 is 0 Å². The molecule has 30 heavy (non-hydrogen) atoms. The van der Waals surface area contributed by atoms with E-state index in [1.807, 2.05) is 0 Å². The number of carbonyl (C=O) groups is 3. The number of hydrogen-bond donors (Lipinski definition) is 3. The van der Waals surface area contributed by atoms with Crippen LogP contribution in [0.2, 0.25) is 0 Å². The molecular weight excluding hydrogens is 395 g/mol. The zero-order chi connectivity index (χ0) is 21.5. The van der Waals surface area contributed by atoms with Crippen LogP contribution in [-0.4, -0.2) is 48.9 Å². The molecule has 2 aromatic rings. The van der Waals surface area contributed by atoms with E-state index in [-0.39, 0.29) is 19.0 Å². The number of pyridine rings is 1. The third kappa shape index (κ3) is 5.07. The second-order valence-electron chi connectivity index (χ2n) is 6.29. The number of aromatic nitrogens is 1. The highest BCUT2D eigenvalue weighted by atomic mass is 19.1. The van der Waals surface area contributed by atoms with E-state index in [4.69, 9.17) is 4.74 Å². The maximum absolute atomic E-state index is 14.7. The van der Waals surface area contributed by atoms with Crippen LogP contribution in [0.5, 0.6) is 0 Å². The number of cyclic esters (lactones) is 1. The van der Waals surface area contributed by atoms with Crippen molar-refractivity contribution < 1.29 is 23.5 Å². The molecule has 1 aromatic carbocycles. The van der Waals surface area contributed by atoms with Gasteiger partial charge in [-0.2, -0.15) is 0 Å². The molecule has 1 aliphatic heterocycles. The van der Waals surface area contributed by atoms with Gasteiger partial charge in [0.05, 0.1) is 18.8 Å². The number of amides is 3. The first-order valence-corrected chi connectivity index (χ1v) is 8.93. The van der Waals surface area contributed by atoms with Gasteiger partial charge in [-0.05, 0) is 30.3 Å². The molecular formula is C19H19FN6O4. The molecule has 3 rings (SSSR count). The van der Waals surface area contributed by atoms with Crippen molar-refractivity contribution in [2.24, 2.45) is 4.99 Å². The van der Waals surface area contributed by atoms with E-state index in [1.54, 1.807) is 24.3 Å². The van der Waals surface area contributed by atoms with E-state index < -0.39 is 18.0 Å². The number of ether oxygens (including phenoxy) is 1. The molecule has 1 fully saturated rings. The summed E-state index contributed by atoms with van der Waals surface area (Å²) in [7, 11) is 0. The number of hydrazine groups is 1. The predicted molar refractivity (Wildman–Crippen MR) is 106 cm³/mol. The molecule has 0 bridgehead atoms. The number of rotatable bonds is 8. The number of halogens is 1. The van der Waals surface area contributed by atoms with E-state index >= 15 is 0 Å². The van der Waals surface area contributed by atoms with Gasteiger partial charge in [-0.3, -0.25) is 25.3 Å². The number of benzene rings is 1. The van der Waals surface area contributed by atoms with Gasteiger partial charge in [-0.1, -0.05) is 0 Å². The van der Waals surface area contributed by atoms with Crippen LogP contribution in [0, 0.1) is 5.82 Å². The van der Waals surface area contributed by atoms with Crippen LogP contribution in [0.1, 0.15) is 6.92 Å². The van der Waals surface area contributed by atoms with Crippen LogP contribution in [0.4, 0.5) is 20.7 Å². The van der Waals surface area contributed by atoms with E-state index in [2.05, 4.69) is 26.1 Å². The minimum atomic E-state index is -0.598. The quantitative estimate of drug-likeness (QED) is 0.196. The van der Waals surface area contributed by atoms with Crippen molar-refractivity contribution in [3.05, 3.63) is 42.3 Å². The summed E-state index contributed by atoms with van der Waals surface area (Å²) in [6.07, 6.45) is 2.07.